The molecule has 0 aromatic rings. The normalized spacial score (nSPS) is 34.7. The Morgan fingerprint density at radius 3 is 2.07 bits per heavy atom. The molecule has 86 valence electrons. The smallest absolute Gasteiger partial charge is 0.307 e. The molecule has 15 heavy (non-hydrogen) atoms. The third-order valence-electron chi connectivity index (χ3n) is 3.97. The van der Waals surface area contributed by atoms with Crippen LogP contribution in [0.3, 0.4) is 0 Å². The van der Waals surface area contributed by atoms with Crippen LogP contribution < -0.4 is 0 Å². The van der Waals surface area contributed by atoms with Crippen LogP contribution in [0.15, 0.2) is 0 Å². The van der Waals surface area contributed by atoms with Gasteiger partial charge in [-0.05, 0) is 24.2 Å². The van der Waals surface area contributed by atoms with E-state index < -0.39 is 29.2 Å². The minimum atomic E-state index is -0.987. The second-order valence-corrected chi connectivity index (χ2v) is 5.06. The third-order valence-corrected chi connectivity index (χ3v) is 3.97. The molecule has 0 radical (unpaired) electrons. The van der Waals surface area contributed by atoms with E-state index in [9.17, 15) is 9.59 Å². The summed E-state index contributed by atoms with van der Waals surface area (Å²) in [5.74, 6) is -3.25. The highest BCUT2D eigenvalue weighted by molar-refractivity contribution is 5.81. The van der Waals surface area contributed by atoms with Crippen molar-refractivity contribution in [2.75, 3.05) is 0 Å². The van der Waals surface area contributed by atoms with Crippen LogP contribution >= 0.6 is 0 Å². The van der Waals surface area contributed by atoms with Crippen LogP contribution in [0.1, 0.15) is 33.6 Å². The number of carboxylic acids is 2. The van der Waals surface area contributed by atoms with Crippen molar-refractivity contribution in [3.8, 4) is 0 Å². The summed E-state index contributed by atoms with van der Waals surface area (Å²) >= 11 is 0. The Kier molecular flexibility index (Phi) is 3.07. The van der Waals surface area contributed by atoms with Gasteiger partial charge in [-0.1, -0.05) is 20.8 Å². The fourth-order valence-electron chi connectivity index (χ4n) is 2.55. The molecule has 0 saturated heterocycles. The molecule has 4 nitrogen and oxygen atoms in total. The van der Waals surface area contributed by atoms with E-state index in [0.29, 0.717) is 6.42 Å². The highest BCUT2D eigenvalue weighted by Gasteiger charge is 2.50. The Bertz CT molecular complexity index is 282. The minimum absolute atomic E-state index is 0.245. The molecule has 1 aliphatic carbocycles. The molecule has 1 fully saturated rings. The van der Waals surface area contributed by atoms with Crippen molar-refractivity contribution in [2.24, 2.45) is 23.2 Å². The van der Waals surface area contributed by atoms with E-state index in [2.05, 4.69) is 0 Å². The molecule has 3 atom stereocenters. The predicted octanol–water partition coefficient (Wildman–Crippen LogP) is 1.84. The Morgan fingerprint density at radius 2 is 1.67 bits per heavy atom. The lowest BCUT2D eigenvalue weighted by atomic mass is 9.59. The van der Waals surface area contributed by atoms with E-state index in [-0.39, 0.29) is 5.92 Å². The van der Waals surface area contributed by atoms with E-state index in [1.807, 2.05) is 20.8 Å². The molecule has 0 aromatic heterocycles. The molecule has 0 heterocycles. The summed E-state index contributed by atoms with van der Waals surface area (Å²) < 4.78 is 0. The van der Waals surface area contributed by atoms with Gasteiger partial charge in [0.05, 0.1) is 11.8 Å². The van der Waals surface area contributed by atoms with E-state index in [4.69, 9.17) is 10.2 Å². The first-order chi connectivity index (χ1) is 6.78. The lowest BCUT2D eigenvalue weighted by Gasteiger charge is -2.44. The maximum absolute atomic E-state index is 11.2. The number of carboxylic acid groups (broad SMARTS) is 2. The van der Waals surface area contributed by atoms with Gasteiger partial charge in [-0.25, -0.2) is 0 Å². The van der Waals surface area contributed by atoms with Gasteiger partial charge in [-0.3, -0.25) is 9.59 Å². The first kappa shape index (κ1) is 12.0. The molecular formula is C11H18O4. The third kappa shape index (κ3) is 1.98. The van der Waals surface area contributed by atoms with Crippen molar-refractivity contribution in [3.05, 3.63) is 0 Å². The molecule has 0 spiro atoms. The lowest BCUT2D eigenvalue weighted by molar-refractivity contribution is -0.164. The summed E-state index contributed by atoms with van der Waals surface area (Å²) in [6.07, 6.45) is 1.25. The van der Waals surface area contributed by atoms with Gasteiger partial charge >= 0.3 is 11.9 Å². The summed E-state index contributed by atoms with van der Waals surface area (Å²) in [6.45, 7) is 5.70. The number of hydrogen-bond donors (Lipinski definition) is 2. The molecule has 4 heteroatoms. The summed E-state index contributed by atoms with van der Waals surface area (Å²) in [5.41, 5.74) is -0.451. The molecule has 1 aliphatic rings. The zero-order valence-electron chi connectivity index (χ0n) is 9.36. The van der Waals surface area contributed by atoms with Crippen LogP contribution in [0, 0.1) is 23.2 Å². The van der Waals surface area contributed by atoms with Gasteiger partial charge in [-0.15, -0.1) is 0 Å². The van der Waals surface area contributed by atoms with Crippen LogP contribution in [0.5, 0.6) is 0 Å². The van der Waals surface area contributed by atoms with E-state index in [1.54, 1.807) is 0 Å². The maximum Gasteiger partial charge on any atom is 0.307 e. The van der Waals surface area contributed by atoms with Gasteiger partial charge in [0.1, 0.15) is 0 Å². The maximum atomic E-state index is 11.2. The largest absolute Gasteiger partial charge is 0.481 e. The summed E-state index contributed by atoms with van der Waals surface area (Å²) in [5, 5.41) is 18.2. The van der Waals surface area contributed by atoms with Crippen molar-refractivity contribution < 1.29 is 19.8 Å². The average Bonchev–Trinajstić information content (AvgIpc) is 2.07. The average molecular weight is 214 g/mol. The second kappa shape index (κ2) is 3.83. The standard InChI is InChI=1S/C11H18O4/c1-6-4-5-7(9(12)13)8(10(14)15)11(6,2)3/h6-8H,4-5H2,1-3H3,(H,12,13)(H,14,15)/t6-,7-,8+/m0/s1. The number of rotatable bonds is 2. The van der Waals surface area contributed by atoms with Crippen molar-refractivity contribution >= 4 is 11.9 Å². The predicted molar refractivity (Wildman–Crippen MR) is 54.4 cm³/mol. The highest BCUT2D eigenvalue weighted by Crippen LogP contribution is 2.47. The van der Waals surface area contributed by atoms with E-state index in [1.165, 1.54) is 0 Å². The van der Waals surface area contributed by atoms with Gasteiger partial charge in [0.25, 0.3) is 0 Å². The SMILES string of the molecule is C[C@H]1CC[C@H](C(=O)O)[C@H](C(=O)O)C1(C)C. The highest BCUT2D eigenvalue weighted by atomic mass is 16.4. The second-order valence-electron chi connectivity index (χ2n) is 5.06. The number of carbonyl (C=O) groups is 2. The van der Waals surface area contributed by atoms with E-state index >= 15 is 0 Å². The Balaban J connectivity index is 3.05. The van der Waals surface area contributed by atoms with Gasteiger partial charge in [-0.2, -0.15) is 0 Å². The van der Waals surface area contributed by atoms with Gasteiger partial charge in [0, 0.05) is 0 Å². The zero-order valence-corrected chi connectivity index (χ0v) is 9.36. The quantitative estimate of drug-likeness (QED) is 0.735. The molecule has 0 aromatic carbocycles. The van der Waals surface area contributed by atoms with Crippen molar-refractivity contribution in [1.82, 2.24) is 0 Å². The Labute approximate surface area is 89.3 Å². The fraction of sp³-hybridized carbons (Fsp3) is 0.818. The first-order valence-corrected chi connectivity index (χ1v) is 5.24. The number of aliphatic carboxylic acids is 2. The molecule has 0 amide bonds. The van der Waals surface area contributed by atoms with Gasteiger partial charge in [0.15, 0.2) is 0 Å². The summed E-state index contributed by atoms with van der Waals surface area (Å²) in [6, 6.07) is 0. The van der Waals surface area contributed by atoms with Gasteiger partial charge < -0.3 is 10.2 Å². The van der Waals surface area contributed by atoms with Crippen LogP contribution in [-0.2, 0) is 9.59 Å². The topological polar surface area (TPSA) is 74.6 Å². The van der Waals surface area contributed by atoms with Crippen molar-refractivity contribution in [3.63, 3.8) is 0 Å². The molecule has 1 rings (SSSR count). The van der Waals surface area contributed by atoms with Crippen LogP contribution in [0.4, 0.5) is 0 Å². The molecular weight excluding hydrogens is 196 g/mol. The summed E-state index contributed by atoms with van der Waals surface area (Å²) in [7, 11) is 0. The van der Waals surface area contributed by atoms with Crippen LogP contribution in [0.2, 0.25) is 0 Å². The molecule has 0 bridgehead atoms. The van der Waals surface area contributed by atoms with Crippen LogP contribution in [0.25, 0.3) is 0 Å². The van der Waals surface area contributed by atoms with E-state index in [0.717, 1.165) is 6.42 Å². The summed E-state index contributed by atoms with van der Waals surface area (Å²) in [4.78, 5) is 22.2. The minimum Gasteiger partial charge on any atom is -0.481 e. The first-order valence-electron chi connectivity index (χ1n) is 5.24. The van der Waals surface area contributed by atoms with Crippen LogP contribution in [-0.4, -0.2) is 22.2 Å². The zero-order chi connectivity index (χ0) is 11.8. The number of hydrogen-bond acceptors (Lipinski definition) is 2. The Hall–Kier alpha value is -1.06. The molecule has 2 N–H and O–H groups in total. The van der Waals surface area contributed by atoms with Crippen molar-refractivity contribution in [2.45, 2.75) is 33.6 Å². The fourth-order valence-corrected chi connectivity index (χ4v) is 2.55. The monoisotopic (exact) mass is 214 g/mol. The molecule has 1 saturated carbocycles. The Morgan fingerprint density at radius 1 is 1.13 bits per heavy atom. The van der Waals surface area contributed by atoms with Gasteiger partial charge in [0.2, 0.25) is 0 Å². The lowest BCUT2D eigenvalue weighted by Crippen LogP contribution is -2.47. The molecule has 0 aliphatic heterocycles. The molecule has 0 unspecified atom stereocenters. The van der Waals surface area contributed by atoms with Crippen molar-refractivity contribution in [1.29, 1.82) is 0 Å².